The zero-order chi connectivity index (χ0) is 30.6. The van der Waals surface area contributed by atoms with Crippen molar-refractivity contribution < 1.29 is 61.6 Å². The van der Waals surface area contributed by atoms with Crippen molar-refractivity contribution in [3.05, 3.63) is 0 Å². The molecule has 1 heterocycles. The van der Waals surface area contributed by atoms with Gasteiger partial charge in [0.25, 0.3) is 0 Å². The van der Waals surface area contributed by atoms with Gasteiger partial charge in [0.05, 0.1) is 152 Å². The highest BCUT2D eigenvalue weighted by atomic mass is 35.5. The Kier molecular flexibility index (Phi) is 34.4. The van der Waals surface area contributed by atoms with Gasteiger partial charge in [-0.15, -0.1) is 11.6 Å². The summed E-state index contributed by atoms with van der Waals surface area (Å²) in [6.45, 7) is 12.9. The zero-order valence-electron chi connectivity index (χ0n) is 26.1. The molecule has 1 aliphatic heterocycles. The molecule has 0 aliphatic carbocycles. The first-order valence-electron chi connectivity index (χ1n) is 15.6. The van der Waals surface area contributed by atoms with Gasteiger partial charge < -0.3 is 61.6 Å². The normalized spacial score (nSPS) is 15.4. The Morgan fingerprint density at radius 2 is 0.651 bits per heavy atom. The van der Waals surface area contributed by atoms with Gasteiger partial charge in [-0.2, -0.15) is 0 Å². The van der Waals surface area contributed by atoms with E-state index in [2.05, 4.69) is 0 Å². The van der Waals surface area contributed by atoms with Crippen molar-refractivity contribution in [2.75, 3.05) is 164 Å². The second kappa shape index (κ2) is 36.2. The van der Waals surface area contributed by atoms with Gasteiger partial charge in [0, 0.05) is 12.5 Å². The SMILES string of the molecule is ClCCOCCOCCOCCOCCOCCOCCOCCOCCOCCOCCOCCOC1CCCCO1. The standard InChI is InChI=1S/C29H57ClO13/c30-4-6-31-7-8-32-9-10-33-11-12-34-13-14-35-15-16-36-17-18-37-19-20-38-21-22-39-23-24-40-25-26-41-27-28-43-29-3-1-2-5-42-29/h29H,1-28H2. The molecule has 1 saturated heterocycles. The van der Waals surface area contributed by atoms with E-state index in [4.69, 9.17) is 73.2 Å². The minimum Gasteiger partial charge on any atom is -0.378 e. The van der Waals surface area contributed by atoms with Crippen LogP contribution < -0.4 is 0 Å². The lowest BCUT2D eigenvalue weighted by Crippen LogP contribution is -2.24. The van der Waals surface area contributed by atoms with Crippen LogP contribution in [0.25, 0.3) is 0 Å². The first kappa shape index (κ1) is 40.8. The largest absolute Gasteiger partial charge is 0.378 e. The van der Waals surface area contributed by atoms with Crippen molar-refractivity contribution in [2.24, 2.45) is 0 Å². The summed E-state index contributed by atoms with van der Waals surface area (Å²) in [7, 11) is 0. The Bertz CT molecular complexity index is 519. The Balaban J connectivity index is 1.60. The third-order valence-electron chi connectivity index (χ3n) is 5.61. The average Bonchev–Trinajstić information content (AvgIpc) is 3.03. The molecule has 1 fully saturated rings. The second-order valence-corrected chi connectivity index (χ2v) is 9.47. The van der Waals surface area contributed by atoms with Crippen LogP contribution in [0.4, 0.5) is 0 Å². The van der Waals surface area contributed by atoms with Gasteiger partial charge in [0.1, 0.15) is 0 Å². The van der Waals surface area contributed by atoms with Gasteiger partial charge in [0.2, 0.25) is 0 Å². The highest BCUT2D eigenvalue weighted by Crippen LogP contribution is 2.13. The molecular weight excluding hydrogens is 592 g/mol. The molecule has 0 aromatic carbocycles. The van der Waals surface area contributed by atoms with Crippen molar-refractivity contribution in [3.63, 3.8) is 0 Å². The van der Waals surface area contributed by atoms with E-state index < -0.39 is 0 Å². The molecule has 1 rings (SSSR count). The van der Waals surface area contributed by atoms with Crippen LogP contribution in [0, 0.1) is 0 Å². The zero-order valence-corrected chi connectivity index (χ0v) is 26.8. The lowest BCUT2D eigenvalue weighted by atomic mass is 10.2. The summed E-state index contributed by atoms with van der Waals surface area (Å²) in [6, 6.07) is 0. The maximum absolute atomic E-state index is 5.60. The van der Waals surface area contributed by atoms with Crippen molar-refractivity contribution in [3.8, 4) is 0 Å². The highest BCUT2D eigenvalue weighted by Gasteiger charge is 2.13. The van der Waals surface area contributed by atoms with E-state index in [0.29, 0.717) is 158 Å². The molecular formula is C29H57ClO13. The van der Waals surface area contributed by atoms with E-state index in [1.165, 1.54) is 6.42 Å². The first-order valence-corrected chi connectivity index (χ1v) is 16.1. The topological polar surface area (TPSA) is 120 Å². The maximum atomic E-state index is 5.60. The minimum absolute atomic E-state index is 0.0650. The quantitative estimate of drug-likeness (QED) is 0.0728. The fraction of sp³-hybridized carbons (Fsp3) is 1.00. The van der Waals surface area contributed by atoms with Crippen LogP contribution >= 0.6 is 11.6 Å². The molecule has 0 N–H and O–H groups in total. The van der Waals surface area contributed by atoms with Crippen molar-refractivity contribution >= 4 is 11.6 Å². The fourth-order valence-corrected chi connectivity index (χ4v) is 3.55. The molecule has 1 unspecified atom stereocenters. The van der Waals surface area contributed by atoms with Crippen LogP contribution in [-0.2, 0) is 61.6 Å². The van der Waals surface area contributed by atoms with Crippen molar-refractivity contribution in [1.82, 2.24) is 0 Å². The van der Waals surface area contributed by atoms with Crippen LogP contribution in [-0.4, -0.2) is 171 Å². The summed E-state index contributed by atoms with van der Waals surface area (Å²) < 4.78 is 70.9. The molecule has 43 heavy (non-hydrogen) atoms. The van der Waals surface area contributed by atoms with Crippen LogP contribution in [0.5, 0.6) is 0 Å². The van der Waals surface area contributed by atoms with Gasteiger partial charge in [-0.3, -0.25) is 0 Å². The number of alkyl halides is 1. The van der Waals surface area contributed by atoms with Crippen LogP contribution in [0.1, 0.15) is 19.3 Å². The first-order chi connectivity index (χ1) is 21.4. The molecule has 258 valence electrons. The summed E-state index contributed by atoms with van der Waals surface area (Å²) in [6.07, 6.45) is 3.19. The van der Waals surface area contributed by atoms with Gasteiger partial charge in [-0.25, -0.2) is 0 Å². The fourth-order valence-electron chi connectivity index (χ4n) is 3.44. The van der Waals surface area contributed by atoms with E-state index >= 15 is 0 Å². The van der Waals surface area contributed by atoms with E-state index in [9.17, 15) is 0 Å². The smallest absolute Gasteiger partial charge is 0.157 e. The predicted octanol–water partition coefficient (Wildman–Crippen LogP) is 1.95. The van der Waals surface area contributed by atoms with Crippen molar-refractivity contribution in [2.45, 2.75) is 25.6 Å². The summed E-state index contributed by atoms with van der Waals surface area (Å²) in [5.41, 5.74) is 0. The Morgan fingerprint density at radius 1 is 0.372 bits per heavy atom. The number of ether oxygens (including phenoxy) is 13. The lowest BCUT2D eigenvalue weighted by molar-refractivity contribution is -0.169. The molecule has 1 atom stereocenters. The molecule has 14 heteroatoms. The molecule has 0 spiro atoms. The summed E-state index contributed by atoms with van der Waals surface area (Å²) in [5, 5.41) is 0. The third-order valence-corrected chi connectivity index (χ3v) is 5.77. The molecule has 0 aromatic heterocycles. The second-order valence-electron chi connectivity index (χ2n) is 9.09. The predicted molar refractivity (Wildman–Crippen MR) is 159 cm³/mol. The van der Waals surface area contributed by atoms with E-state index in [1.807, 2.05) is 0 Å². The maximum Gasteiger partial charge on any atom is 0.157 e. The molecule has 0 radical (unpaired) electrons. The minimum atomic E-state index is -0.0650. The average molecular weight is 649 g/mol. The van der Waals surface area contributed by atoms with Gasteiger partial charge in [0.15, 0.2) is 6.29 Å². The van der Waals surface area contributed by atoms with E-state index in [0.717, 1.165) is 19.4 Å². The molecule has 1 aliphatic rings. The number of hydrogen-bond acceptors (Lipinski definition) is 13. The third kappa shape index (κ3) is 33.0. The molecule has 0 bridgehead atoms. The summed E-state index contributed by atoms with van der Waals surface area (Å²) in [5.74, 6) is 0.498. The van der Waals surface area contributed by atoms with E-state index in [1.54, 1.807) is 0 Å². The van der Waals surface area contributed by atoms with Crippen LogP contribution in [0.3, 0.4) is 0 Å². The summed E-state index contributed by atoms with van der Waals surface area (Å²) >= 11 is 5.51. The van der Waals surface area contributed by atoms with Gasteiger partial charge in [-0.05, 0) is 19.3 Å². The van der Waals surface area contributed by atoms with Gasteiger partial charge >= 0.3 is 0 Å². The number of halogens is 1. The Morgan fingerprint density at radius 3 is 0.907 bits per heavy atom. The van der Waals surface area contributed by atoms with E-state index in [-0.39, 0.29) is 6.29 Å². The van der Waals surface area contributed by atoms with Crippen molar-refractivity contribution in [1.29, 1.82) is 0 Å². The Hall–Kier alpha value is -0.230. The molecule has 0 saturated carbocycles. The molecule has 0 amide bonds. The van der Waals surface area contributed by atoms with Crippen LogP contribution in [0.15, 0.2) is 0 Å². The number of hydrogen-bond donors (Lipinski definition) is 0. The highest BCUT2D eigenvalue weighted by molar-refractivity contribution is 6.17. The Labute approximate surface area is 263 Å². The monoisotopic (exact) mass is 648 g/mol. The lowest BCUT2D eigenvalue weighted by Gasteiger charge is -2.22. The molecule has 13 nitrogen and oxygen atoms in total. The van der Waals surface area contributed by atoms with Crippen LogP contribution in [0.2, 0.25) is 0 Å². The number of rotatable bonds is 36. The molecule has 0 aromatic rings. The van der Waals surface area contributed by atoms with Gasteiger partial charge in [-0.1, -0.05) is 0 Å². The summed E-state index contributed by atoms with van der Waals surface area (Å²) in [4.78, 5) is 0.